The van der Waals surface area contributed by atoms with Crippen LogP contribution in [-0.2, 0) is 9.59 Å². The molecule has 1 aromatic heterocycles. The first kappa shape index (κ1) is 11.3. The number of nitrogens with zero attached hydrogens (tertiary/aromatic N) is 1. The SMILES string of the molecule is O=C(O)CCC(=O)Nc1ccnc(=S)[nH]1. The number of aromatic nitrogens is 2. The Kier molecular flexibility index (Phi) is 3.92. The van der Waals surface area contributed by atoms with Gasteiger partial charge in [0, 0.05) is 12.6 Å². The Bertz CT molecular complexity index is 429. The standard InChI is InChI=1S/C8H9N3O3S/c12-6(1-2-7(13)14)10-5-3-4-9-8(15)11-5/h3-4H,1-2H2,(H,13,14)(H2,9,10,11,12,15). The van der Waals surface area contributed by atoms with Gasteiger partial charge in [0.25, 0.3) is 0 Å². The van der Waals surface area contributed by atoms with Crippen molar-refractivity contribution in [2.45, 2.75) is 12.8 Å². The van der Waals surface area contributed by atoms with Gasteiger partial charge in [-0.3, -0.25) is 9.59 Å². The molecular weight excluding hydrogens is 218 g/mol. The first-order valence-electron chi connectivity index (χ1n) is 4.15. The molecule has 1 amide bonds. The van der Waals surface area contributed by atoms with Crippen molar-refractivity contribution in [3.05, 3.63) is 17.0 Å². The normalized spacial score (nSPS) is 9.60. The van der Waals surface area contributed by atoms with Crippen molar-refractivity contribution in [2.24, 2.45) is 0 Å². The van der Waals surface area contributed by atoms with Crippen molar-refractivity contribution in [1.29, 1.82) is 0 Å². The number of nitrogens with one attached hydrogen (secondary N) is 2. The summed E-state index contributed by atoms with van der Waals surface area (Å²) in [6.07, 6.45) is 1.18. The topological polar surface area (TPSA) is 95.1 Å². The average molecular weight is 227 g/mol. The molecule has 0 spiro atoms. The van der Waals surface area contributed by atoms with E-state index in [1.54, 1.807) is 0 Å². The summed E-state index contributed by atoms with van der Waals surface area (Å²) in [6.45, 7) is 0. The summed E-state index contributed by atoms with van der Waals surface area (Å²) in [5.41, 5.74) is 0. The summed E-state index contributed by atoms with van der Waals surface area (Å²) in [5.74, 6) is -0.979. The molecule has 0 saturated heterocycles. The number of anilines is 1. The van der Waals surface area contributed by atoms with Crippen LogP contribution in [0.4, 0.5) is 5.82 Å². The van der Waals surface area contributed by atoms with Crippen LogP contribution in [0.5, 0.6) is 0 Å². The van der Waals surface area contributed by atoms with E-state index in [9.17, 15) is 9.59 Å². The molecule has 0 aromatic carbocycles. The lowest BCUT2D eigenvalue weighted by atomic mass is 10.3. The van der Waals surface area contributed by atoms with E-state index in [1.165, 1.54) is 12.3 Å². The molecular formula is C8H9N3O3S. The van der Waals surface area contributed by atoms with E-state index in [-0.39, 0.29) is 23.5 Å². The predicted octanol–water partition coefficient (Wildman–Crippen LogP) is 0.942. The molecule has 0 radical (unpaired) electrons. The van der Waals surface area contributed by atoms with Crippen molar-refractivity contribution in [3.8, 4) is 0 Å². The van der Waals surface area contributed by atoms with Gasteiger partial charge >= 0.3 is 5.97 Å². The van der Waals surface area contributed by atoms with Crippen LogP contribution in [0.1, 0.15) is 12.8 Å². The molecule has 3 N–H and O–H groups in total. The van der Waals surface area contributed by atoms with Gasteiger partial charge in [-0.25, -0.2) is 4.98 Å². The Balaban J connectivity index is 2.51. The summed E-state index contributed by atoms with van der Waals surface area (Å²) < 4.78 is 0.256. The third-order valence-electron chi connectivity index (χ3n) is 1.51. The van der Waals surface area contributed by atoms with Crippen molar-refractivity contribution in [1.82, 2.24) is 9.97 Å². The molecule has 1 aromatic rings. The molecule has 7 heteroatoms. The molecule has 0 fully saturated rings. The fraction of sp³-hybridized carbons (Fsp3) is 0.250. The minimum atomic E-state index is -1.01. The van der Waals surface area contributed by atoms with Crippen molar-refractivity contribution in [3.63, 3.8) is 0 Å². The second-order valence-corrected chi connectivity index (χ2v) is 3.12. The number of amides is 1. The zero-order valence-electron chi connectivity index (χ0n) is 7.69. The number of carbonyl (C=O) groups is 2. The van der Waals surface area contributed by atoms with Crippen LogP contribution in [0.3, 0.4) is 0 Å². The van der Waals surface area contributed by atoms with E-state index < -0.39 is 5.97 Å². The maximum Gasteiger partial charge on any atom is 0.303 e. The smallest absolute Gasteiger partial charge is 0.303 e. The molecule has 1 heterocycles. The first-order chi connectivity index (χ1) is 7.08. The number of carboxylic acids is 1. The maximum absolute atomic E-state index is 11.2. The van der Waals surface area contributed by atoms with E-state index in [0.29, 0.717) is 5.82 Å². The van der Waals surface area contributed by atoms with E-state index in [2.05, 4.69) is 15.3 Å². The second-order valence-electron chi connectivity index (χ2n) is 2.73. The first-order valence-corrected chi connectivity index (χ1v) is 4.56. The van der Waals surface area contributed by atoms with Crippen LogP contribution < -0.4 is 5.32 Å². The van der Waals surface area contributed by atoms with Crippen LogP contribution in [0, 0.1) is 4.77 Å². The Morgan fingerprint density at radius 1 is 1.53 bits per heavy atom. The van der Waals surface area contributed by atoms with Gasteiger partial charge in [-0.05, 0) is 18.3 Å². The van der Waals surface area contributed by atoms with Crippen LogP contribution in [0.2, 0.25) is 0 Å². The minimum absolute atomic E-state index is 0.0712. The van der Waals surface area contributed by atoms with Crippen molar-refractivity contribution in [2.75, 3.05) is 5.32 Å². The third kappa shape index (κ3) is 4.32. The molecule has 80 valence electrons. The van der Waals surface area contributed by atoms with Crippen molar-refractivity contribution < 1.29 is 14.7 Å². The van der Waals surface area contributed by atoms with Gasteiger partial charge in [0.1, 0.15) is 5.82 Å². The quantitative estimate of drug-likeness (QED) is 0.665. The lowest BCUT2D eigenvalue weighted by Gasteiger charge is -2.02. The highest BCUT2D eigenvalue weighted by molar-refractivity contribution is 7.71. The molecule has 1 rings (SSSR count). The zero-order chi connectivity index (χ0) is 11.3. The highest BCUT2D eigenvalue weighted by Crippen LogP contribution is 2.01. The van der Waals surface area contributed by atoms with Gasteiger partial charge in [0.05, 0.1) is 6.42 Å². The summed E-state index contributed by atoms with van der Waals surface area (Å²) in [5, 5.41) is 10.8. The number of aliphatic carboxylic acids is 1. The molecule has 0 aliphatic rings. The zero-order valence-corrected chi connectivity index (χ0v) is 8.50. The maximum atomic E-state index is 11.2. The predicted molar refractivity (Wildman–Crippen MR) is 54.9 cm³/mol. The fourth-order valence-electron chi connectivity index (χ4n) is 0.875. The van der Waals surface area contributed by atoms with Gasteiger partial charge in [0.2, 0.25) is 5.91 Å². The van der Waals surface area contributed by atoms with E-state index in [4.69, 9.17) is 17.3 Å². The minimum Gasteiger partial charge on any atom is -0.481 e. The molecule has 0 saturated carbocycles. The monoisotopic (exact) mass is 227 g/mol. The lowest BCUT2D eigenvalue weighted by molar-refractivity contribution is -0.138. The molecule has 0 aliphatic carbocycles. The number of rotatable bonds is 4. The number of hydrogen-bond donors (Lipinski definition) is 3. The highest BCUT2D eigenvalue weighted by Gasteiger charge is 2.05. The molecule has 0 unspecified atom stereocenters. The summed E-state index contributed by atoms with van der Waals surface area (Å²) in [4.78, 5) is 27.8. The van der Waals surface area contributed by atoms with Gasteiger partial charge < -0.3 is 15.4 Å². The Labute approximate surface area is 90.4 Å². The summed E-state index contributed by atoms with van der Waals surface area (Å²) >= 11 is 4.75. The number of hydrogen-bond acceptors (Lipinski definition) is 4. The molecule has 0 aliphatic heterocycles. The Morgan fingerprint density at radius 3 is 2.87 bits per heavy atom. The van der Waals surface area contributed by atoms with E-state index >= 15 is 0 Å². The van der Waals surface area contributed by atoms with E-state index in [0.717, 1.165) is 0 Å². The van der Waals surface area contributed by atoms with Gasteiger partial charge in [0.15, 0.2) is 4.77 Å². The molecule has 0 bridgehead atoms. The number of carboxylic acid groups (broad SMARTS) is 1. The van der Waals surface area contributed by atoms with Crippen LogP contribution in [0.15, 0.2) is 12.3 Å². The Morgan fingerprint density at radius 2 is 2.27 bits per heavy atom. The van der Waals surface area contributed by atoms with Gasteiger partial charge in [-0.15, -0.1) is 0 Å². The number of aromatic amines is 1. The summed E-state index contributed by atoms with van der Waals surface area (Å²) in [7, 11) is 0. The molecule has 15 heavy (non-hydrogen) atoms. The number of carbonyl (C=O) groups excluding carboxylic acids is 1. The molecule has 6 nitrogen and oxygen atoms in total. The highest BCUT2D eigenvalue weighted by atomic mass is 32.1. The van der Waals surface area contributed by atoms with Crippen LogP contribution >= 0.6 is 12.2 Å². The lowest BCUT2D eigenvalue weighted by Crippen LogP contribution is -2.14. The second kappa shape index (κ2) is 5.20. The molecule has 0 atom stereocenters. The number of H-pyrrole nitrogens is 1. The largest absolute Gasteiger partial charge is 0.481 e. The summed E-state index contributed by atoms with van der Waals surface area (Å²) in [6, 6.07) is 1.54. The third-order valence-corrected chi connectivity index (χ3v) is 1.72. The van der Waals surface area contributed by atoms with E-state index in [1.807, 2.05) is 0 Å². The average Bonchev–Trinajstić information content (AvgIpc) is 2.15. The van der Waals surface area contributed by atoms with Gasteiger partial charge in [-0.1, -0.05) is 0 Å². The fourth-order valence-corrected chi connectivity index (χ4v) is 1.05. The Hall–Kier alpha value is -1.76. The van der Waals surface area contributed by atoms with Gasteiger partial charge in [-0.2, -0.15) is 0 Å². The van der Waals surface area contributed by atoms with Crippen molar-refractivity contribution >= 4 is 29.9 Å². The van der Waals surface area contributed by atoms with Crippen LogP contribution in [0.25, 0.3) is 0 Å². The van der Waals surface area contributed by atoms with Crippen LogP contribution in [-0.4, -0.2) is 27.0 Å².